The van der Waals surface area contributed by atoms with Crippen molar-refractivity contribution in [1.82, 2.24) is 0 Å². The molecule has 1 aromatic rings. The molecule has 0 aliphatic carbocycles. The molecule has 0 saturated heterocycles. The molecule has 0 saturated carbocycles. The van der Waals surface area contributed by atoms with Gasteiger partial charge < -0.3 is 11.1 Å². The van der Waals surface area contributed by atoms with Crippen LogP contribution in [0.1, 0.15) is 13.3 Å². The third-order valence-corrected chi connectivity index (χ3v) is 2.40. The highest BCUT2D eigenvalue weighted by molar-refractivity contribution is 9.10. The van der Waals surface area contributed by atoms with Gasteiger partial charge in [-0.15, -0.1) is 0 Å². The van der Waals surface area contributed by atoms with Crippen molar-refractivity contribution >= 4 is 27.5 Å². The summed E-state index contributed by atoms with van der Waals surface area (Å²) in [6.07, 6.45) is 0.0527. The van der Waals surface area contributed by atoms with Crippen molar-refractivity contribution in [2.45, 2.75) is 19.4 Å². The van der Waals surface area contributed by atoms with Gasteiger partial charge in [-0.3, -0.25) is 4.79 Å². The Morgan fingerprint density at radius 1 is 1.50 bits per heavy atom. The van der Waals surface area contributed by atoms with E-state index in [0.717, 1.165) is 12.1 Å². The summed E-state index contributed by atoms with van der Waals surface area (Å²) < 4.78 is 26.4. The maximum absolute atomic E-state index is 13.3. The molecule has 1 rings (SSSR count). The second kappa shape index (κ2) is 5.36. The third-order valence-electron chi connectivity index (χ3n) is 1.79. The number of nitrogens with two attached hydrogens (primary N) is 1. The van der Waals surface area contributed by atoms with E-state index in [4.69, 9.17) is 5.73 Å². The monoisotopic (exact) mass is 292 g/mol. The van der Waals surface area contributed by atoms with Gasteiger partial charge in [0.2, 0.25) is 5.91 Å². The highest BCUT2D eigenvalue weighted by atomic mass is 79.9. The first-order valence-corrected chi connectivity index (χ1v) is 5.39. The molecule has 3 nitrogen and oxygen atoms in total. The molecule has 6 heteroatoms. The van der Waals surface area contributed by atoms with Crippen LogP contribution >= 0.6 is 15.9 Å². The van der Waals surface area contributed by atoms with Crippen molar-refractivity contribution in [3.8, 4) is 0 Å². The summed E-state index contributed by atoms with van der Waals surface area (Å²) in [7, 11) is 0. The van der Waals surface area contributed by atoms with Crippen molar-refractivity contribution in [3.05, 3.63) is 28.2 Å². The standard InChI is InChI=1S/C10H11BrF2N2O/c1-5(14)2-10(16)15-9-4-7(12)6(11)3-8(9)13/h3-5H,2,14H2,1H3,(H,15,16). The Bertz CT molecular complexity index is 410. The number of nitrogens with one attached hydrogen (secondary N) is 1. The van der Waals surface area contributed by atoms with Crippen LogP contribution in [0.3, 0.4) is 0 Å². The molecule has 0 aromatic heterocycles. The highest BCUT2D eigenvalue weighted by Crippen LogP contribution is 2.23. The van der Waals surface area contributed by atoms with Crippen molar-refractivity contribution in [2.24, 2.45) is 5.73 Å². The number of hydrogen-bond acceptors (Lipinski definition) is 2. The molecule has 0 spiro atoms. The summed E-state index contributed by atoms with van der Waals surface area (Å²) >= 11 is 2.84. The fourth-order valence-electron chi connectivity index (χ4n) is 1.11. The molecule has 1 unspecified atom stereocenters. The summed E-state index contributed by atoms with van der Waals surface area (Å²) in [6, 6.07) is 1.54. The topological polar surface area (TPSA) is 55.1 Å². The Morgan fingerprint density at radius 2 is 2.12 bits per heavy atom. The molecule has 0 fully saturated rings. The van der Waals surface area contributed by atoms with Crippen LogP contribution in [-0.2, 0) is 4.79 Å². The molecular weight excluding hydrogens is 282 g/mol. The van der Waals surface area contributed by atoms with Gasteiger partial charge in [-0.05, 0) is 28.9 Å². The predicted molar refractivity (Wildman–Crippen MR) is 61.0 cm³/mol. The quantitative estimate of drug-likeness (QED) is 0.841. The first-order valence-electron chi connectivity index (χ1n) is 4.60. The van der Waals surface area contributed by atoms with Crippen molar-refractivity contribution in [2.75, 3.05) is 5.32 Å². The number of hydrogen-bond donors (Lipinski definition) is 2. The fourth-order valence-corrected chi connectivity index (χ4v) is 1.43. The van der Waals surface area contributed by atoms with E-state index >= 15 is 0 Å². The zero-order valence-electron chi connectivity index (χ0n) is 8.56. The number of benzene rings is 1. The SMILES string of the molecule is CC(N)CC(=O)Nc1cc(F)c(Br)cc1F. The number of halogens is 3. The first kappa shape index (κ1) is 13.1. The van der Waals surface area contributed by atoms with Gasteiger partial charge in [-0.2, -0.15) is 0 Å². The first-order chi connectivity index (χ1) is 7.40. The van der Waals surface area contributed by atoms with Gasteiger partial charge in [-0.1, -0.05) is 0 Å². The Kier molecular flexibility index (Phi) is 4.37. The van der Waals surface area contributed by atoms with Crippen LogP contribution in [0, 0.1) is 11.6 Å². The summed E-state index contributed by atoms with van der Waals surface area (Å²) in [5, 5.41) is 2.25. The average Bonchev–Trinajstić information content (AvgIpc) is 2.12. The van der Waals surface area contributed by atoms with E-state index in [2.05, 4.69) is 21.2 Å². The lowest BCUT2D eigenvalue weighted by atomic mass is 10.2. The number of carbonyl (C=O) groups excluding carboxylic acids is 1. The Labute approximate surface area is 100 Å². The minimum absolute atomic E-state index is 0.00944. The predicted octanol–water partition coefficient (Wildman–Crippen LogP) is 2.40. The van der Waals surface area contributed by atoms with Crippen LogP contribution in [0.15, 0.2) is 16.6 Å². The third kappa shape index (κ3) is 3.53. The Balaban J connectivity index is 2.81. The molecule has 0 aliphatic rings. The second-order valence-corrected chi connectivity index (χ2v) is 4.33. The minimum atomic E-state index is -0.703. The van der Waals surface area contributed by atoms with Crippen molar-refractivity contribution < 1.29 is 13.6 Å². The van der Waals surface area contributed by atoms with Crippen LogP contribution < -0.4 is 11.1 Å². The van der Waals surface area contributed by atoms with E-state index in [0.29, 0.717) is 0 Å². The molecule has 0 radical (unpaired) electrons. The molecule has 16 heavy (non-hydrogen) atoms. The highest BCUT2D eigenvalue weighted by Gasteiger charge is 2.11. The summed E-state index contributed by atoms with van der Waals surface area (Å²) in [4.78, 5) is 11.3. The van der Waals surface area contributed by atoms with Crippen LogP contribution in [-0.4, -0.2) is 11.9 Å². The number of amides is 1. The van der Waals surface area contributed by atoms with Crippen molar-refractivity contribution in [3.63, 3.8) is 0 Å². The molecule has 1 amide bonds. The maximum atomic E-state index is 13.3. The van der Waals surface area contributed by atoms with Gasteiger partial charge >= 0.3 is 0 Å². The van der Waals surface area contributed by atoms with Gasteiger partial charge in [0.1, 0.15) is 11.6 Å². The maximum Gasteiger partial charge on any atom is 0.225 e. The lowest BCUT2D eigenvalue weighted by Crippen LogP contribution is -2.24. The summed E-state index contributed by atoms with van der Waals surface area (Å²) in [6.45, 7) is 1.65. The normalized spacial score (nSPS) is 12.3. The largest absolute Gasteiger partial charge is 0.327 e. The minimum Gasteiger partial charge on any atom is -0.327 e. The Morgan fingerprint density at radius 3 is 2.69 bits per heavy atom. The van der Waals surface area contributed by atoms with E-state index in [1.165, 1.54) is 0 Å². The number of carbonyl (C=O) groups is 1. The van der Waals surface area contributed by atoms with Gasteiger partial charge in [0.05, 0.1) is 10.2 Å². The lowest BCUT2D eigenvalue weighted by Gasteiger charge is -2.08. The summed E-state index contributed by atoms with van der Waals surface area (Å²) in [5.41, 5.74) is 5.21. The van der Waals surface area contributed by atoms with Gasteiger partial charge in [0, 0.05) is 18.5 Å². The van der Waals surface area contributed by atoms with Gasteiger partial charge in [0.15, 0.2) is 0 Å². The van der Waals surface area contributed by atoms with Gasteiger partial charge in [-0.25, -0.2) is 8.78 Å². The van der Waals surface area contributed by atoms with E-state index < -0.39 is 17.5 Å². The second-order valence-electron chi connectivity index (χ2n) is 3.48. The van der Waals surface area contributed by atoms with Crippen LogP contribution in [0.25, 0.3) is 0 Å². The van der Waals surface area contributed by atoms with E-state index in [1.54, 1.807) is 6.92 Å². The smallest absolute Gasteiger partial charge is 0.225 e. The number of anilines is 1. The number of rotatable bonds is 3. The molecule has 1 atom stereocenters. The lowest BCUT2D eigenvalue weighted by molar-refractivity contribution is -0.116. The van der Waals surface area contributed by atoms with E-state index in [-0.39, 0.29) is 22.6 Å². The molecule has 1 aromatic carbocycles. The molecule has 88 valence electrons. The van der Waals surface area contributed by atoms with E-state index in [9.17, 15) is 13.6 Å². The molecule has 3 N–H and O–H groups in total. The Hall–Kier alpha value is -1.01. The molecule has 0 bridgehead atoms. The molecule has 0 aliphatic heterocycles. The molecule has 0 heterocycles. The average molecular weight is 293 g/mol. The van der Waals surface area contributed by atoms with Crippen LogP contribution in [0.4, 0.5) is 14.5 Å². The fraction of sp³-hybridized carbons (Fsp3) is 0.300. The zero-order valence-corrected chi connectivity index (χ0v) is 10.1. The molecular formula is C10H11BrF2N2O. The van der Waals surface area contributed by atoms with E-state index in [1.807, 2.05) is 0 Å². The van der Waals surface area contributed by atoms with Crippen molar-refractivity contribution in [1.29, 1.82) is 0 Å². The van der Waals surface area contributed by atoms with Crippen LogP contribution in [0.5, 0.6) is 0 Å². The van der Waals surface area contributed by atoms with Gasteiger partial charge in [0.25, 0.3) is 0 Å². The zero-order chi connectivity index (χ0) is 12.3. The summed E-state index contributed by atoms with van der Waals surface area (Å²) in [5.74, 6) is -1.79. The van der Waals surface area contributed by atoms with Crippen LogP contribution in [0.2, 0.25) is 0 Å².